The summed E-state index contributed by atoms with van der Waals surface area (Å²) in [6.07, 6.45) is 4.84. The van der Waals surface area contributed by atoms with Crippen LogP contribution in [0.3, 0.4) is 0 Å². The average Bonchev–Trinajstić information content (AvgIpc) is 3.37. The number of nitrogens with one attached hydrogen (secondary N) is 1. The molecule has 0 bridgehead atoms. The Hall–Kier alpha value is -2.15. The number of aromatic nitrogens is 1. The number of nitrogens with zero attached hydrogens (tertiary/aromatic N) is 2. The molecule has 29 heavy (non-hydrogen) atoms. The third-order valence-electron chi connectivity index (χ3n) is 5.31. The first-order valence-corrected chi connectivity index (χ1v) is 11.3. The minimum absolute atomic E-state index is 0.0365. The summed E-state index contributed by atoms with van der Waals surface area (Å²) in [5.41, 5.74) is 1.35. The van der Waals surface area contributed by atoms with E-state index < -0.39 is 0 Å². The van der Waals surface area contributed by atoms with E-state index >= 15 is 0 Å². The third-order valence-corrected chi connectivity index (χ3v) is 6.54. The molecule has 0 aliphatic carbocycles. The SMILES string of the molecule is O=C(NC[C@H](c1ccccc1Cl)N1CCCCCC1)c1cc(-c2cccs2)on1. The zero-order valence-electron chi connectivity index (χ0n) is 16.1. The van der Waals surface area contributed by atoms with Gasteiger partial charge in [-0.15, -0.1) is 11.3 Å². The molecule has 0 spiro atoms. The zero-order chi connectivity index (χ0) is 20.1. The number of carbonyl (C=O) groups excluding carboxylic acids is 1. The minimum Gasteiger partial charge on any atom is -0.355 e. The smallest absolute Gasteiger partial charge is 0.273 e. The van der Waals surface area contributed by atoms with Gasteiger partial charge in [0.15, 0.2) is 11.5 Å². The van der Waals surface area contributed by atoms with Crippen molar-refractivity contribution in [3.63, 3.8) is 0 Å². The van der Waals surface area contributed by atoms with Gasteiger partial charge in [0.25, 0.3) is 5.91 Å². The highest BCUT2D eigenvalue weighted by atomic mass is 35.5. The fourth-order valence-corrected chi connectivity index (χ4v) is 4.72. The topological polar surface area (TPSA) is 58.4 Å². The van der Waals surface area contributed by atoms with E-state index in [1.54, 1.807) is 17.4 Å². The molecule has 152 valence electrons. The van der Waals surface area contributed by atoms with E-state index in [0.29, 0.717) is 18.0 Å². The summed E-state index contributed by atoms with van der Waals surface area (Å²) >= 11 is 8.06. The van der Waals surface area contributed by atoms with E-state index in [2.05, 4.69) is 21.4 Å². The molecule has 1 N–H and O–H groups in total. The minimum atomic E-state index is -0.233. The highest BCUT2D eigenvalue weighted by molar-refractivity contribution is 7.13. The van der Waals surface area contributed by atoms with E-state index in [0.717, 1.165) is 28.6 Å². The summed E-state index contributed by atoms with van der Waals surface area (Å²) in [6.45, 7) is 2.50. The lowest BCUT2D eigenvalue weighted by Gasteiger charge is -2.31. The van der Waals surface area contributed by atoms with Crippen LogP contribution in [0.5, 0.6) is 0 Å². The Labute approximate surface area is 179 Å². The number of likely N-dealkylation sites (tertiary alicyclic amines) is 1. The number of carbonyl (C=O) groups is 1. The molecule has 1 aliphatic rings. The fraction of sp³-hybridized carbons (Fsp3) is 0.364. The number of halogens is 1. The molecule has 1 atom stereocenters. The Morgan fingerprint density at radius 1 is 1.17 bits per heavy atom. The van der Waals surface area contributed by atoms with Gasteiger partial charge in [0, 0.05) is 17.6 Å². The molecule has 1 fully saturated rings. The lowest BCUT2D eigenvalue weighted by molar-refractivity contribution is 0.0924. The maximum absolute atomic E-state index is 12.7. The largest absolute Gasteiger partial charge is 0.355 e. The molecule has 3 heterocycles. The van der Waals surface area contributed by atoms with E-state index in [1.807, 2.05) is 35.7 Å². The van der Waals surface area contributed by atoms with Crippen LogP contribution in [0.15, 0.2) is 52.4 Å². The van der Waals surface area contributed by atoms with Gasteiger partial charge >= 0.3 is 0 Å². The Morgan fingerprint density at radius 3 is 2.69 bits per heavy atom. The predicted octanol–water partition coefficient (Wildman–Crippen LogP) is 5.40. The van der Waals surface area contributed by atoms with Gasteiger partial charge in [0.1, 0.15) is 0 Å². The molecule has 1 amide bonds. The number of rotatable bonds is 6. The summed E-state index contributed by atoms with van der Waals surface area (Å²) < 4.78 is 5.34. The Balaban J connectivity index is 1.49. The zero-order valence-corrected chi connectivity index (χ0v) is 17.7. The van der Waals surface area contributed by atoms with Gasteiger partial charge in [0.2, 0.25) is 0 Å². The average molecular weight is 430 g/mol. The van der Waals surface area contributed by atoms with Crippen LogP contribution >= 0.6 is 22.9 Å². The van der Waals surface area contributed by atoms with Crippen LogP contribution in [-0.4, -0.2) is 35.6 Å². The standard InChI is InChI=1S/C22H24ClN3O2S/c23-17-9-4-3-8-16(17)19(26-11-5-1-2-6-12-26)15-24-22(27)18-14-20(28-25-18)21-10-7-13-29-21/h3-4,7-10,13-14,19H,1-2,5-6,11-12,15H2,(H,24,27)/t19-/m1/s1. The molecular formula is C22H24ClN3O2S. The van der Waals surface area contributed by atoms with Crippen LogP contribution in [-0.2, 0) is 0 Å². The van der Waals surface area contributed by atoms with Crippen molar-refractivity contribution in [1.82, 2.24) is 15.4 Å². The second kappa shape index (κ2) is 9.57. The van der Waals surface area contributed by atoms with Crippen molar-refractivity contribution < 1.29 is 9.32 Å². The van der Waals surface area contributed by atoms with Crippen LogP contribution < -0.4 is 5.32 Å². The van der Waals surface area contributed by atoms with Crippen LogP contribution in [0.4, 0.5) is 0 Å². The molecule has 5 nitrogen and oxygen atoms in total. The van der Waals surface area contributed by atoms with E-state index in [1.165, 1.54) is 25.7 Å². The van der Waals surface area contributed by atoms with Crippen LogP contribution in [0, 0.1) is 0 Å². The Kier molecular flexibility index (Phi) is 6.64. The second-order valence-electron chi connectivity index (χ2n) is 7.25. The molecule has 2 aromatic heterocycles. The summed E-state index contributed by atoms with van der Waals surface area (Å²) in [6, 6.07) is 13.5. The van der Waals surface area contributed by atoms with Gasteiger partial charge in [-0.2, -0.15) is 0 Å². The van der Waals surface area contributed by atoms with E-state index in [9.17, 15) is 4.79 Å². The van der Waals surface area contributed by atoms with Crippen LogP contribution in [0.1, 0.15) is 47.8 Å². The van der Waals surface area contributed by atoms with Crippen molar-refractivity contribution in [2.75, 3.05) is 19.6 Å². The van der Waals surface area contributed by atoms with Crippen molar-refractivity contribution in [3.05, 3.63) is 64.1 Å². The Bertz CT molecular complexity index is 933. The van der Waals surface area contributed by atoms with Gasteiger partial charge in [-0.25, -0.2) is 0 Å². The highest BCUT2D eigenvalue weighted by Crippen LogP contribution is 2.29. The third kappa shape index (κ3) is 4.89. The van der Waals surface area contributed by atoms with Gasteiger partial charge in [0.05, 0.1) is 10.9 Å². The lowest BCUT2D eigenvalue weighted by Crippen LogP contribution is -2.39. The predicted molar refractivity (Wildman–Crippen MR) is 116 cm³/mol. The Morgan fingerprint density at radius 2 is 1.97 bits per heavy atom. The van der Waals surface area contributed by atoms with E-state index in [-0.39, 0.29) is 11.9 Å². The monoisotopic (exact) mass is 429 g/mol. The van der Waals surface area contributed by atoms with E-state index in [4.69, 9.17) is 16.1 Å². The first-order chi connectivity index (χ1) is 14.2. The number of benzene rings is 1. The lowest BCUT2D eigenvalue weighted by atomic mass is 10.0. The number of hydrogen-bond donors (Lipinski definition) is 1. The van der Waals surface area contributed by atoms with Gasteiger partial charge < -0.3 is 9.84 Å². The molecular weight excluding hydrogens is 406 g/mol. The normalized spacial score (nSPS) is 16.3. The number of thiophene rings is 1. The van der Waals surface area contributed by atoms with Gasteiger partial charge in [-0.05, 0) is 49.0 Å². The molecule has 0 saturated carbocycles. The van der Waals surface area contributed by atoms with Gasteiger partial charge in [-0.1, -0.05) is 53.9 Å². The fourth-order valence-electron chi connectivity index (χ4n) is 3.78. The van der Waals surface area contributed by atoms with Crippen molar-refractivity contribution in [2.24, 2.45) is 0 Å². The maximum Gasteiger partial charge on any atom is 0.273 e. The molecule has 1 aromatic carbocycles. The molecule has 7 heteroatoms. The van der Waals surface area contributed by atoms with Crippen molar-refractivity contribution in [2.45, 2.75) is 31.7 Å². The van der Waals surface area contributed by atoms with Crippen molar-refractivity contribution >= 4 is 28.8 Å². The molecule has 0 radical (unpaired) electrons. The van der Waals surface area contributed by atoms with Crippen LogP contribution in [0.2, 0.25) is 5.02 Å². The highest BCUT2D eigenvalue weighted by Gasteiger charge is 2.25. The molecule has 1 aliphatic heterocycles. The number of amides is 1. The van der Waals surface area contributed by atoms with Crippen molar-refractivity contribution in [3.8, 4) is 10.6 Å². The first kappa shape index (κ1) is 20.1. The first-order valence-electron chi connectivity index (χ1n) is 9.99. The molecule has 0 unspecified atom stereocenters. The number of hydrogen-bond acceptors (Lipinski definition) is 5. The summed E-state index contributed by atoms with van der Waals surface area (Å²) in [7, 11) is 0. The molecule has 3 aromatic rings. The summed E-state index contributed by atoms with van der Waals surface area (Å²) in [5.74, 6) is 0.378. The molecule has 4 rings (SSSR count). The van der Waals surface area contributed by atoms with Crippen molar-refractivity contribution in [1.29, 1.82) is 0 Å². The van der Waals surface area contributed by atoms with Crippen LogP contribution in [0.25, 0.3) is 10.6 Å². The summed E-state index contributed by atoms with van der Waals surface area (Å²) in [4.78, 5) is 16.1. The maximum atomic E-state index is 12.7. The quantitative estimate of drug-likeness (QED) is 0.569. The second-order valence-corrected chi connectivity index (χ2v) is 8.61. The summed E-state index contributed by atoms with van der Waals surface area (Å²) in [5, 5.41) is 9.69. The van der Waals surface area contributed by atoms with Gasteiger partial charge in [-0.3, -0.25) is 9.69 Å². The molecule has 1 saturated heterocycles.